The van der Waals surface area contributed by atoms with Crippen LogP contribution in [0.4, 0.5) is 10.1 Å². The summed E-state index contributed by atoms with van der Waals surface area (Å²) in [5, 5.41) is 1.64. The predicted molar refractivity (Wildman–Crippen MR) is 74.5 cm³/mol. The number of fused-ring (bicyclic) bond motifs is 1. The van der Waals surface area contributed by atoms with Crippen molar-refractivity contribution in [2.75, 3.05) is 5.73 Å². The molecule has 2 aromatic carbocycles. The third kappa shape index (κ3) is 2.37. The smallest absolute Gasteiger partial charge is 0.139 e. The molecule has 0 unspecified atom stereocenters. The summed E-state index contributed by atoms with van der Waals surface area (Å²) in [4.78, 5) is 8.90. The lowest BCUT2D eigenvalue weighted by atomic mass is 10.2. The quantitative estimate of drug-likeness (QED) is 0.572. The van der Waals surface area contributed by atoms with Gasteiger partial charge in [-0.3, -0.25) is 0 Å². The molecule has 3 nitrogen and oxygen atoms in total. The molecule has 0 radical (unpaired) electrons. The van der Waals surface area contributed by atoms with E-state index < -0.39 is 0 Å². The average Bonchev–Trinajstić information content (AvgIpc) is 2.42. The first-order valence-corrected chi connectivity index (χ1v) is 6.48. The summed E-state index contributed by atoms with van der Waals surface area (Å²) in [6.07, 6.45) is 1.49. The summed E-state index contributed by atoms with van der Waals surface area (Å²) in [6.45, 7) is 0. The maximum absolute atomic E-state index is 13.8. The zero-order chi connectivity index (χ0) is 13.2. The Labute approximate surface area is 113 Å². The molecule has 0 aliphatic heterocycles. The lowest BCUT2D eigenvalue weighted by molar-refractivity contribution is 0.602. The van der Waals surface area contributed by atoms with Gasteiger partial charge in [-0.2, -0.15) is 0 Å². The molecule has 94 valence electrons. The van der Waals surface area contributed by atoms with Gasteiger partial charge in [-0.05, 0) is 24.3 Å². The maximum atomic E-state index is 13.8. The number of benzene rings is 2. The normalized spacial score (nSPS) is 10.8. The first-order chi connectivity index (χ1) is 9.24. The van der Waals surface area contributed by atoms with Crippen LogP contribution in [0, 0.1) is 5.82 Å². The van der Waals surface area contributed by atoms with E-state index in [1.165, 1.54) is 24.2 Å². The molecule has 0 amide bonds. The largest absolute Gasteiger partial charge is 0.399 e. The van der Waals surface area contributed by atoms with Gasteiger partial charge in [0, 0.05) is 16.0 Å². The van der Waals surface area contributed by atoms with E-state index in [0.717, 1.165) is 15.9 Å². The van der Waals surface area contributed by atoms with Crippen molar-refractivity contribution in [3.05, 3.63) is 54.6 Å². The minimum atomic E-state index is -0.340. The number of hydrogen-bond acceptors (Lipinski definition) is 4. The molecule has 19 heavy (non-hydrogen) atoms. The summed E-state index contributed by atoms with van der Waals surface area (Å²) in [5.74, 6) is -0.340. The van der Waals surface area contributed by atoms with Crippen molar-refractivity contribution in [1.29, 1.82) is 0 Å². The molecule has 0 fully saturated rings. The molecular formula is C14H10FN3S. The lowest BCUT2D eigenvalue weighted by Crippen LogP contribution is -1.90. The Morgan fingerprint density at radius 2 is 1.89 bits per heavy atom. The van der Waals surface area contributed by atoms with Crippen LogP contribution in [0.5, 0.6) is 0 Å². The van der Waals surface area contributed by atoms with Gasteiger partial charge in [0.15, 0.2) is 0 Å². The first kappa shape index (κ1) is 11.9. The zero-order valence-electron chi connectivity index (χ0n) is 9.88. The minimum absolute atomic E-state index is 0.340. The van der Waals surface area contributed by atoms with Crippen LogP contribution in [0.15, 0.2) is 58.7 Å². The van der Waals surface area contributed by atoms with Gasteiger partial charge in [-0.1, -0.05) is 30.0 Å². The molecule has 2 N–H and O–H groups in total. The molecule has 3 aromatic rings. The summed E-state index contributed by atoms with van der Waals surface area (Å²) >= 11 is 1.27. The Bertz CT molecular complexity index is 740. The van der Waals surface area contributed by atoms with Gasteiger partial charge in [-0.25, -0.2) is 14.4 Å². The molecule has 0 atom stereocenters. The minimum Gasteiger partial charge on any atom is -0.399 e. The third-order valence-corrected chi connectivity index (χ3v) is 3.74. The van der Waals surface area contributed by atoms with Crippen LogP contribution in [0.1, 0.15) is 0 Å². The molecule has 1 aromatic heterocycles. The fraction of sp³-hybridized carbons (Fsp3) is 0. The van der Waals surface area contributed by atoms with Gasteiger partial charge >= 0.3 is 0 Å². The summed E-state index contributed by atoms with van der Waals surface area (Å²) in [7, 11) is 0. The van der Waals surface area contributed by atoms with Crippen LogP contribution in [0.25, 0.3) is 10.9 Å². The fourth-order valence-electron chi connectivity index (χ4n) is 1.77. The van der Waals surface area contributed by atoms with Gasteiger partial charge < -0.3 is 5.73 Å². The highest BCUT2D eigenvalue weighted by atomic mass is 32.2. The SMILES string of the molecule is Nc1ccc(Sc2ncnc3ccccc23)c(F)c1. The standard InChI is InChI=1S/C14H10FN3S/c15-11-7-9(16)5-6-13(11)19-14-10-3-1-2-4-12(10)17-8-18-14/h1-8H,16H2. The highest BCUT2D eigenvalue weighted by Gasteiger charge is 2.09. The van der Waals surface area contributed by atoms with Crippen LogP contribution in [0.3, 0.4) is 0 Å². The van der Waals surface area contributed by atoms with Crippen molar-refractivity contribution in [3.63, 3.8) is 0 Å². The van der Waals surface area contributed by atoms with E-state index in [9.17, 15) is 4.39 Å². The summed E-state index contributed by atoms with van der Waals surface area (Å²) < 4.78 is 13.8. The van der Waals surface area contributed by atoms with Crippen LogP contribution in [0.2, 0.25) is 0 Å². The monoisotopic (exact) mass is 271 g/mol. The molecule has 0 saturated carbocycles. The molecule has 0 saturated heterocycles. The first-order valence-electron chi connectivity index (χ1n) is 5.66. The second kappa shape index (κ2) is 4.85. The number of nitrogens with zero attached hydrogens (tertiary/aromatic N) is 2. The summed E-state index contributed by atoms with van der Waals surface area (Å²) in [6, 6.07) is 12.3. The van der Waals surface area contributed by atoms with Gasteiger partial charge in [0.25, 0.3) is 0 Å². The number of anilines is 1. The molecular weight excluding hydrogens is 261 g/mol. The third-order valence-electron chi connectivity index (χ3n) is 2.67. The molecule has 3 rings (SSSR count). The lowest BCUT2D eigenvalue weighted by Gasteiger charge is -2.06. The molecule has 0 aliphatic rings. The maximum Gasteiger partial charge on any atom is 0.139 e. The topological polar surface area (TPSA) is 51.8 Å². The molecule has 0 aliphatic carbocycles. The van der Waals surface area contributed by atoms with Gasteiger partial charge in [0.1, 0.15) is 17.2 Å². The van der Waals surface area contributed by atoms with Crippen LogP contribution in [-0.2, 0) is 0 Å². The molecule has 1 heterocycles. The predicted octanol–water partition coefficient (Wildman–Crippen LogP) is 3.50. The fourth-order valence-corrected chi connectivity index (χ4v) is 2.65. The van der Waals surface area contributed by atoms with Gasteiger partial charge in [0.05, 0.1) is 5.52 Å². The van der Waals surface area contributed by atoms with E-state index in [1.54, 1.807) is 12.1 Å². The number of para-hydroxylation sites is 1. The molecule has 0 bridgehead atoms. The van der Waals surface area contributed by atoms with Crippen molar-refractivity contribution >= 4 is 28.4 Å². The van der Waals surface area contributed by atoms with E-state index >= 15 is 0 Å². The van der Waals surface area contributed by atoms with Crippen molar-refractivity contribution in [2.45, 2.75) is 9.92 Å². The van der Waals surface area contributed by atoms with Crippen LogP contribution < -0.4 is 5.73 Å². The van der Waals surface area contributed by atoms with E-state index in [2.05, 4.69) is 9.97 Å². The number of hydrogen-bond donors (Lipinski definition) is 1. The van der Waals surface area contributed by atoms with E-state index in [4.69, 9.17) is 5.73 Å². The van der Waals surface area contributed by atoms with E-state index in [-0.39, 0.29) is 5.82 Å². The number of nitrogen functional groups attached to an aromatic ring is 1. The Morgan fingerprint density at radius 3 is 2.74 bits per heavy atom. The van der Waals surface area contributed by atoms with Crippen molar-refractivity contribution < 1.29 is 4.39 Å². The van der Waals surface area contributed by atoms with Crippen molar-refractivity contribution in [3.8, 4) is 0 Å². The Balaban J connectivity index is 2.06. The number of halogens is 1. The number of nitrogens with two attached hydrogens (primary N) is 1. The highest BCUT2D eigenvalue weighted by molar-refractivity contribution is 7.99. The van der Waals surface area contributed by atoms with Crippen molar-refractivity contribution in [2.24, 2.45) is 0 Å². The van der Waals surface area contributed by atoms with Gasteiger partial charge in [-0.15, -0.1) is 0 Å². The number of aromatic nitrogens is 2. The van der Waals surface area contributed by atoms with Crippen LogP contribution in [-0.4, -0.2) is 9.97 Å². The second-order valence-electron chi connectivity index (χ2n) is 3.99. The Hall–Kier alpha value is -2.14. The number of rotatable bonds is 2. The zero-order valence-corrected chi connectivity index (χ0v) is 10.7. The highest BCUT2D eigenvalue weighted by Crippen LogP contribution is 2.33. The van der Waals surface area contributed by atoms with Gasteiger partial charge in [0.2, 0.25) is 0 Å². The van der Waals surface area contributed by atoms with Crippen LogP contribution >= 0.6 is 11.8 Å². The van der Waals surface area contributed by atoms with Crippen molar-refractivity contribution in [1.82, 2.24) is 9.97 Å². The molecule has 0 spiro atoms. The second-order valence-corrected chi connectivity index (χ2v) is 5.02. The summed E-state index contributed by atoms with van der Waals surface area (Å²) in [5.41, 5.74) is 6.79. The molecule has 5 heteroatoms. The average molecular weight is 271 g/mol. The van der Waals surface area contributed by atoms with E-state index in [1.807, 2.05) is 24.3 Å². The van der Waals surface area contributed by atoms with E-state index in [0.29, 0.717) is 10.6 Å². The Morgan fingerprint density at radius 1 is 1.05 bits per heavy atom. The Kier molecular flexibility index (Phi) is 3.05.